The lowest BCUT2D eigenvalue weighted by Crippen LogP contribution is -2.33. The monoisotopic (exact) mass is 406 g/mol. The van der Waals surface area contributed by atoms with Crippen LogP contribution in [-0.4, -0.2) is 46.4 Å². The predicted molar refractivity (Wildman–Crippen MR) is 116 cm³/mol. The molecule has 30 heavy (non-hydrogen) atoms. The van der Waals surface area contributed by atoms with E-state index in [4.69, 9.17) is 4.74 Å². The Morgan fingerprint density at radius 1 is 1.13 bits per heavy atom. The summed E-state index contributed by atoms with van der Waals surface area (Å²) < 4.78 is 7.21. The Labute approximate surface area is 175 Å². The zero-order valence-electron chi connectivity index (χ0n) is 17.1. The van der Waals surface area contributed by atoms with Crippen molar-refractivity contribution in [2.45, 2.75) is 26.2 Å². The SMILES string of the molecule is Cc1cccn2c(=O)c(C(=O)Nc3ccc(OCCN4CCCCC4)cc3)cnc12. The van der Waals surface area contributed by atoms with Gasteiger partial charge < -0.3 is 10.1 Å². The summed E-state index contributed by atoms with van der Waals surface area (Å²) in [6, 6.07) is 10.8. The molecule has 1 aliphatic rings. The molecule has 0 radical (unpaired) electrons. The second-order valence-electron chi connectivity index (χ2n) is 7.59. The van der Waals surface area contributed by atoms with Gasteiger partial charge in [0.05, 0.1) is 0 Å². The van der Waals surface area contributed by atoms with Crippen LogP contribution in [0.5, 0.6) is 5.75 Å². The van der Waals surface area contributed by atoms with Crippen molar-refractivity contribution in [3.8, 4) is 5.75 Å². The fraction of sp³-hybridized carbons (Fsp3) is 0.348. The van der Waals surface area contributed by atoms with Gasteiger partial charge in [-0.1, -0.05) is 12.5 Å². The molecule has 0 spiro atoms. The molecule has 0 aliphatic carbocycles. The molecule has 1 aromatic carbocycles. The van der Waals surface area contributed by atoms with E-state index in [1.165, 1.54) is 29.9 Å². The molecule has 0 unspecified atom stereocenters. The van der Waals surface area contributed by atoms with E-state index in [1.54, 1.807) is 24.4 Å². The Kier molecular flexibility index (Phi) is 6.09. The van der Waals surface area contributed by atoms with E-state index >= 15 is 0 Å². The van der Waals surface area contributed by atoms with E-state index in [0.29, 0.717) is 17.9 Å². The van der Waals surface area contributed by atoms with Crippen molar-refractivity contribution in [2.75, 3.05) is 31.6 Å². The third-order valence-corrected chi connectivity index (χ3v) is 5.41. The Morgan fingerprint density at radius 3 is 2.67 bits per heavy atom. The fourth-order valence-electron chi connectivity index (χ4n) is 3.71. The minimum Gasteiger partial charge on any atom is -0.492 e. The van der Waals surface area contributed by atoms with Gasteiger partial charge in [-0.25, -0.2) is 4.98 Å². The molecule has 3 heterocycles. The van der Waals surface area contributed by atoms with Gasteiger partial charge in [0.25, 0.3) is 11.5 Å². The maximum atomic E-state index is 12.7. The van der Waals surface area contributed by atoms with Gasteiger partial charge in [-0.3, -0.25) is 18.9 Å². The third kappa shape index (κ3) is 4.52. The van der Waals surface area contributed by atoms with Crippen LogP contribution in [0.15, 0.2) is 53.6 Å². The summed E-state index contributed by atoms with van der Waals surface area (Å²) in [4.78, 5) is 31.9. The van der Waals surface area contributed by atoms with Crippen LogP contribution in [0.25, 0.3) is 5.65 Å². The number of ether oxygens (including phenoxy) is 1. The zero-order chi connectivity index (χ0) is 20.9. The fourth-order valence-corrected chi connectivity index (χ4v) is 3.71. The van der Waals surface area contributed by atoms with Gasteiger partial charge in [0.1, 0.15) is 23.6 Å². The summed E-state index contributed by atoms with van der Waals surface area (Å²) >= 11 is 0. The minimum atomic E-state index is -0.484. The van der Waals surface area contributed by atoms with E-state index in [-0.39, 0.29) is 11.1 Å². The van der Waals surface area contributed by atoms with Crippen LogP contribution in [-0.2, 0) is 0 Å². The Hall–Kier alpha value is -3.19. The topological polar surface area (TPSA) is 75.9 Å². The average Bonchev–Trinajstić information content (AvgIpc) is 2.76. The maximum absolute atomic E-state index is 12.7. The predicted octanol–water partition coefficient (Wildman–Crippen LogP) is 3.12. The number of nitrogens with zero attached hydrogens (tertiary/aromatic N) is 3. The first-order valence-corrected chi connectivity index (χ1v) is 10.4. The molecule has 0 saturated carbocycles. The van der Waals surface area contributed by atoms with Crippen molar-refractivity contribution in [3.63, 3.8) is 0 Å². The normalized spacial score (nSPS) is 14.6. The van der Waals surface area contributed by atoms with E-state index < -0.39 is 5.91 Å². The van der Waals surface area contributed by atoms with Crippen LogP contribution in [0.4, 0.5) is 5.69 Å². The number of aryl methyl sites for hydroxylation is 1. The molecule has 3 aromatic rings. The van der Waals surface area contributed by atoms with Crippen molar-refractivity contribution >= 4 is 17.2 Å². The second-order valence-corrected chi connectivity index (χ2v) is 7.59. The highest BCUT2D eigenvalue weighted by atomic mass is 16.5. The number of carbonyl (C=O) groups excluding carboxylic acids is 1. The molecule has 156 valence electrons. The first kappa shape index (κ1) is 20.1. The van der Waals surface area contributed by atoms with Crippen LogP contribution >= 0.6 is 0 Å². The minimum absolute atomic E-state index is 0.0000388. The number of nitrogens with one attached hydrogen (secondary N) is 1. The molecular formula is C23H26N4O3. The number of pyridine rings is 1. The first-order valence-electron chi connectivity index (χ1n) is 10.4. The van der Waals surface area contributed by atoms with Gasteiger partial charge in [-0.2, -0.15) is 0 Å². The Morgan fingerprint density at radius 2 is 1.90 bits per heavy atom. The Balaban J connectivity index is 1.37. The Bertz CT molecular complexity index is 1090. The second kappa shape index (κ2) is 9.09. The van der Waals surface area contributed by atoms with E-state index in [0.717, 1.165) is 30.9 Å². The van der Waals surface area contributed by atoms with E-state index in [9.17, 15) is 9.59 Å². The number of benzene rings is 1. The summed E-state index contributed by atoms with van der Waals surface area (Å²) in [5.41, 5.74) is 1.62. The number of anilines is 1. The van der Waals surface area contributed by atoms with Crippen molar-refractivity contribution in [1.29, 1.82) is 0 Å². The maximum Gasteiger partial charge on any atom is 0.270 e. The number of hydrogen-bond donors (Lipinski definition) is 1. The average molecular weight is 406 g/mol. The summed E-state index contributed by atoms with van der Waals surface area (Å²) in [6.45, 7) is 5.74. The summed E-state index contributed by atoms with van der Waals surface area (Å²) in [5, 5.41) is 2.76. The lowest BCUT2D eigenvalue weighted by molar-refractivity contribution is 0.102. The number of likely N-dealkylation sites (tertiary alicyclic amines) is 1. The summed E-state index contributed by atoms with van der Waals surface area (Å²) in [6.07, 6.45) is 6.81. The number of amides is 1. The molecule has 1 amide bonds. The van der Waals surface area contributed by atoms with Gasteiger partial charge in [0.2, 0.25) is 0 Å². The van der Waals surface area contributed by atoms with Crippen molar-refractivity contribution in [3.05, 3.63) is 70.3 Å². The van der Waals surface area contributed by atoms with Gasteiger partial charge in [0.15, 0.2) is 0 Å². The van der Waals surface area contributed by atoms with Gasteiger partial charge in [0, 0.05) is 24.6 Å². The molecule has 0 atom stereocenters. The molecule has 7 nitrogen and oxygen atoms in total. The molecule has 1 fully saturated rings. The van der Waals surface area contributed by atoms with Crippen LogP contribution < -0.4 is 15.6 Å². The quantitative estimate of drug-likeness (QED) is 0.681. The zero-order valence-corrected chi connectivity index (χ0v) is 17.1. The molecular weight excluding hydrogens is 380 g/mol. The lowest BCUT2D eigenvalue weighted by atomic mass is 10.1. The highest BCUT2D eigenvalue weighted by molar-refractivity contribution is 6.03. The van der Waals surface area contributed by atoms with Crippen LogP contribution in [0, 0.1) is 6.92 Å². The van der Waals surface area contributed by atoms with Gasteiger partial charge in [-0.15, -0.1) is 0 Å². The number of aromatic nitrogens is 2. The largest absolute Gasteiger partial charge is 0.492 e. The summed E-state index contributed by atoms with van der Waals surface area (Å²) in [7, 11) is 0. The van der Waals surface area contributed by atoms with Gasteiger partial charge in [-0.05, 0) is 68.8 Å². The van der Waals surface area contributed by atoms with E-state index in [2.05, 4.69) is 15.2 Å². The molecule has 1 saturated heterocycles. The van der Waals surface area contributed by atoms with E-state index in [1.807, 2.05) is 25.1 Å². The number of rotatable bonds is 6. The number of carbonyl (C=O) groups is 1. The third-order valence-electron chi connectivity index (χ3n) is 5.41. The number of fused-ring (bicyclic) bond motifs is 1. The van der Waals surface area contributed by atoms with Crippen LogP contribution in [0.2, 0.25) is 0 Å². The standard InChI is InChI=1S/C23H26N4O3/c1-17-6-5-13-27-21(17)24-16-20(23(27)29)22(28)25-18-7-9-19(10-8-18)30-15-14-26-11-3-2-4-12-26/h5-10,13,16H,2-4,11-12,14-15H2,1H3,(H,25,28). The first-order chi connectivity index (χ1) is 14.6. The smallest absolute Gasteiger partial charge is 0.270 e. The van der Waals surface area contributed by atoms with Crippen LogP contribution in [0.1, 0.15) is 35.2 Å². The highest BCUT2D eigenvalue weighted by Crippen LogP contribution is 2.17. The van der Waals surface area contributed by atoms with Crippen molar-refractivity contribution in [2.24, 2.45) is 0 Å². The van der Waals surface area contributed by atoms with Gasteiger partial charge >= 0.3 is 0 Å². The number of piperidine rings is 1. The summed E-state index contributed by atoms with van der Waals surface area (Å²) in [5.74, 6) is 0.273. The molecule has 7 heteroatoms. The van der Waals surface area contributed by atoms with Crippen molar-refractivity contribution < 1.29 is 9.53 Å². The molecule has 4 rings (SSSR count). The van der Waals surface area contributed by atoms with Crippen LogP contribution in [0.3, 0.4) is 0 Å². The lowest BCUT2D eigenvalue weighted by Gasteiger charge is -2.26. The van der Waals surface area contributed by atoms with Crippen molar-refractivity contribution in [1.82, 2.24) is 14.3 Å². The molecule has 1 N–H and O–H groups in total. The number of hydrogen-bond acceptors (Lipinski definition) is 5. The highest BCUT2D eigenvalue weighted by Gasteiger charge is 2.14. The molecule has 2 aromatic heterocycles. The molecule has 1 aliphatic heterocycles. The molecule has 0 bridgehead atoms.